The van der Waals surface area contributed by atoms with Crippen LogP contribution in [-0.2, 0) is 6.42 Å². The summed E-state index contributed by atoms with van der Waals surface area (Å²) in [7, 11) is 0. The Balaban J connectivity index is 1.49. The lowest BCUT2D eigenvalue weighted by Crippen LogP contribution is -2.46. The zero-order chi connectivity index (χ0) is 16.1. The average molecular weight is 330 g/mol. The molecule has 1 fully saturated rings. The van der Waals surface area contributed by atoms with Crippen molar-refractivity contribution in [1.29, 1.82) is 0 Å². The van der Waals surface area contributed by atoms with Gasteiger partial charge in [-0.3, -0.25) is 5.32 Å². The summed E-state index contributed by atoms with van der Waals surface area (Å²) in [5.41, 5.74) is 2.65. The van der Waals surface area contributed by atoms with Crippen LogP contribution in [0.25, 0.3) is 0 Å². The molecule has 0 spiro atoms. The summed E-state index contributed by atoms with van der Waals surface area (Å²) in [5, 5.41) is 8.29. The molecule has 1 aromatic carbocycles. The molecule has 0 bridgehead atoms. The van der Waals surface area contributed by atoms with Crippen molar-refractivity contribution in [3.05, 3.63) is 41.4 Å². The first-order valence-corrected chi connectivity index (χ1v) is 8.93. The Hall–Kier alpha value is -2.08. The van der Waals surface area contributed by atoms with E-state index < -0.39 is 0 Å². The molecule has 1 aromatic heterocycles. The molecular formula is C17H22N4OS. The van der Waals surface area contributed by atoms with Crippen molar-refractivity contribution in [2.75, 3.05) is 23.3 Å². The quantitative estimate of drug-likeness (QED) is 0.902. The number of thiazole rings is 1. The maximum atomic E-state index is 11.9. The lowest BCUT2D eigenvalue weighted by atomic mass is 10.0. The maximum absolute atomic E-state index is 11.9. The molecule has 1 aliphatic heterocycles. The monoisotopic (exact) mass is 330 g/mol. The zero-order valence-electron chi connectivity index (χ0n) is 13.3. The molecule has 2 amide bonds. The molecule has 1 aliphatic rings. The number of piperidine rings is 1. The molecule has 0 radical (unpaired) electrons. The highest BCUT2D eigenvalue weighted by Crippen LogP contribution is 2.21. The van der Waals surface area contributed by atoms with Crippen LogP contribution in [-0.4, -0.2) is 30.1 Å². The summed E-state index contributed by atoms with van der Waals surface area (Å²) in [4.78, 5) is 18.4. The first kappa shape index (κ1) is 15.8. The molecule has 2 heterocycles. The van der Waals surface area contributed by atoms with E-state index in [0.29, 0.717) is 5.13 Å². The van der Waals surface area contributed by atoms with Crippen LogP contribution in [0.15, 0.2) is 35.8 Å². The van der Waals surface area contributed by atoms with Crippen molar-refractivity contribution in [3.63, 3.8) is 0 Å². The van der Waals surface area contributed by atoms with Crippen molar-refractivity contribution < 1.29 is 4.79 Å². The van der Waals surface area contributed by atoms with Gasteiger partial charge in [0, 0.05) is 36.4 Å². The van der Waals surface area contributed by atoms with Gasteiger partial charge in [-0.15, -0.1) is 11.3 Å². The van der Waals surface area contributed by atoms with Crippen LogP contribution in [0.3, 0.4) is 0 Å². The van der Waals surface area contributed by atoms with Crippen LogP contribution < -0.4 is 15.5 Å². The third kappa shape index (κ3) is 4.22. The van der Waals surface area contributed by atoms with Gasteiger partial charge in [0.05, 0.1) is 0 Å². The minimum atomic E-state index is -0.161. The Morgan fingerprint density at radius 3 is 2.91 bits per heavy atom. The van der Waals surface area contributed by atoms with Crippen LogP contribution in [0.1, 0.15) is 25.3 Å². The van der Waals surface area contributed by atoms with E-state index in [1.807, 2.05) is 5.38 Å². The predicted molar refractivity (Wildman–Crippen MR) is 95.3 cm³/mol. The second-order valence-electron chi connectivity index (χ2n) is 5.72. The number of carbonyl (C=O) groups is 1. The average Bonchev–Trinajstić information content (AvgIpc) is 3.08. The third-order valence-corrected chi connectivity index (χ3v) is 4.86. The van der Waals surface area contributed by atoms with E-state index in [9.17, 15) is 4.79 Å². The van der Waals surface area contributed by atoms with E-state index in [-0.39, 0.29) is 12.1 Å². The SMILES string of the molecule is CCc1cccc(N2CCC(NC(=O)Nc3nccs3)CC2)c1. The molecule has 5 nitrogen and oxygen atoms in total. The zero-order valence-corrected chi connectivity index (χ0v) is 14.1. The fourth-order valence-electron chi connectivity index (χ4n) is 2.86. The minimum Gasteiger partial charge on any atom is -0.371 e. The fourth-order valence-corrected chi connectivity index (χ4v) is 3.38. The van der Waals surface area contributed by atoms with E-state index in [4.69, 9.17) is 0 Å². The summed E-state index contributed by atoms with van der Waals surface area (Å²) in [6, 6.07) is 8.79. The van der Waals surface area contributed by atoms with Crippen LogP contribution in [0, 0.1) is 0 Å². The molecule has 2 N–H and O–H groups in total. The first-order chi connectivity index (χ1) is 11.2. The van der Waals surface area contributed by atoms with Crippen LogP contribution in [0.5, 0.6) is 0 Å². The third-order valence-electron chi connectivity index (χ3n) is 4.17. The van der Waals surface area contributed by atoms with Gasteiger partial charge in [0.2, 0.25) is 0 Å². The Kier molecular flexibility index (Phi) is 5.12. The molecule has 2 aromatic rings. The van der Waals surface area contributed by atoms with Crippen LogP contribution >= 0.6 is 11.3 Å². The Bertz CT molecular complexity index is 636. The molecule has 0 unspecified atom stereocenters. The van der Waals surface area contributed by atoms with Gasteiger partial charge in [-0.05, 0) is 37.0 Å². The topological polar surface area (TPSA) is 57.3 Å². The largest absolute Gasteiger partial charge is 0.371 e. The summed E-state index contributed by atoms with van der Waals surface area (Å²) in [6.07, 6.45) is 4.66. The van der Waals surface area contributed by atoms with Crippen LogP contribution in [0.2, 0.25) is 0 Å². The van der Waals surface area contributed by atoms with Crippen molar-refractivity contribution in [3.8, 4) is 0 Å². The number of rotatable bonds is 4. The predicted octanol–water partition coefficient (Wildman–Crippen LogP) is 3.50. The highest BCUT2D eigenvalue weighted by molar-refractivity contribution is 7.13. The number of hydrogen-bond donors (Lipinski definition) is 2. The van der Waals surface area contributed by atoms with Crippen molar-refractivity contribution >= 4 is 28.2 Å². The lowest BCUT2D eigenvalue weighted by molar-refractivity contribution is 0.246. The molecular weight excluding hydrogens is 308 g/mol. The molecule has 1 saturated heterocycles. The van der Waals surface area contributed by atoms with E-state index in [2.05, 4.69) is 51.7 Å². The number of amides is 2. The lowest BCUT2D eigenvalue weighted by Gasteiger charge is -2.34. The Labute approximate surface area is 140 Å². The number of benzene rings is 1. The maximum Gasteiger partial charge on any atom is 0.321 e. The van der Waals surface area contributed by atoms with E-state index in [1.165, 1.54) is 22.6 Å². The first-order valence-electron chi connectivity index (χ1n) is 8.05. The molecule has 0 aliphatic carbocycles. The molecule has 3 rings (SSSR count). The summed E-state index contributed by atoms with van der Waals surface area (Å²) < 4.78 is 0. The van der Waals surface area contributed by atoms with Gasteiger partial charge in [-0.25, -0.2) is 9.78 Å². The number of carbonyl (C=O) groups excluding carboxylic acids is 1. The number of hydrogen-bond acceptors (Lipinski definition) is 4. The van der Waals surface area contributed by atoms with Gasteiger partial charge in [-0.1, -0.05) is 19.1 Å². The molecule has 0 saturated carbocycles. The number of nitrogens with one attached hydrogen (secondary N) is 2. The second-order valence-corrected chi connectivity index (χ2v) is 6.62. The summed E-state index contributed by atoms with van der Waals surface area (Å²) >= 11 is 1.42. The van der Waals surface area contributed by atoms with Gasteiger partial charge in [0.15, 0.2) is 5.13 Å². The Morgan fingerprint density at radius 1 is 1.39 bits per heavy atom. The number of aromatic nitrogens is 1. The van der Waals surface area contributed by atoms with E-state index in [1.54, 1.807) is 6.20 Å². The highest BCUT2D eigenvalue weighted by atomic mass is 32.1. The molecule has 6 heteroatoms. The number of anilines is 2. The highest BCUT2D eigenvalue weighted by Gasteiger charge is 2.21. The molecule has 122 valence electrons. The van der Waals surface area contributed by atoms with E-state index >= 15 is 0 Å². The number of nitrogens with zero attached hydrogens (tertiary/aromatic N) is 2. The summed E-state index contributed by atoms with van der Waals surface area (Å²) in [5.74, 6) is 0. The standard InChI is InChI=1S/C17H22N4OS/c1-2-13-4-3-5-15(12-13)21-9-6-14(7-10-21)19-16(22)20-17-18-8-11-23-17/h3-5,8,11-12,14H,2,6-7,9-10H2,1H3,(H2,18,19,20,22). The number of urea groups is 1. The minimum absolute atomic E-state index is 0.161. The van der Waals surface area contributed by atoms with Crippen molar-refractivity contribution in [1.82, 2.24) is 10.3 Å². The van der Waals surface area contributed by atoms with Gasteiger partial charge >= 0.3 is 6.03 Å². The van der Waals surface area contributed by atoms with Gasteiger partial charge in [0.25, 0.3) is 0 Å². The molecule has 23 heavy (non-hydrogen) atoms. The van der Waals surface area contributed by atoms with Gasteiger partial charge in [-0.2, -0.15) is 0 Å². The smallest absolute Gasteiger partial charge is 0.321 e. The second kappa shape index (κ2) is 7.46. The van der Waals surface area contributed by atoms with Gasteiger partial charge in [0.1, 0.15) is 0 Å². The normalized spacial score (nSPS) is 15.4. The van der Waals surface area contributed by atoms with Gasteiger partial charge < -0.3 is 10.2 Å². The molecule has 0 atom stereocenters. The van der Waals surface area contributed by atoms with E-state index in [0.717, 1.165) is 32.4 Å². The Morgan fingerprint density at radius 2 is 2.22 bits per heavy atom. The van der Waals surface area contributed by atoms with Crippen molar-refractivity contribution in [2.45, 2.75) is 32.2 Å². The summed E-state index contributed by atoms with van der Waals surface area (Å²) in [6.45, 7) is 4.11. The number of aryl methyl sites for hydroxylation is 1. The fraction of sp³-hybridized carbons (Fsp3) is 0.412. The van der Waals surface area contributed by atoms with Crippen molar-refractivity contribution in [2.24, 2.45) is 0 Å². The van der Waals surface area contributed by atoms with Crippen LogP contribution in [0.4, 0.5) is 15.6 Å².